The first-order valence-corrected chi connectivity index (χ1v) is 34.5. The number of hydrogen-bond donors (Lipinski definition) is 5. The highest BCUT2D eigenvalue weighted by Gasteiger charge is 2.36. The van der Waals surface area contributed by atoms with E-state index >= 15 is 0 Å². The number of phenolic OH excluding ortho intramolecular Hbond substituents is 5. The highest BCUT2D eigenvalue weighted by Crippen LogP contribution is 2.54. The molecule has 0 amide bonds. The predicted octanol–water partition coefficient (Wildman–Crippen LogP) is 10.9. The maximum absolute atomic E-state index is 14.8. The van der Waals surface area contributed by atoms with Gasteiger partial charge in [-0.3, -0.25) is 22.8 Å². The van der Waals surface area contributed by atoms with Crippen LogP contribution in [0, 0.1) is 0 Å². The molecule has 0 heterocycles. The molecular formula is C55H75O20P5. The van der Waals surface area contributed by atoms with Crippen LogP contribution in [0.3, 0.4) is 0 Å². The van der Waals surface area contributed by atoms with Gasteiger partial charge in [0.05, 0.1) is 92.6 Å². The summed E-state index contributed by atoms with van der Waals surface area (Å²) in [6.45, 7) is 15.6. The van der Waals surface area contributed by atoms with Crippen LogP contribution in [-0.4, -0.2) is 91.6 Å². The molecule has 10 bridgehead atoms. The Labute approximate surface area is 468 Å². The molecule has 0 aromatic heterocycles. The Hall–Kier alpha value is -4.15. The smallest absolute Gasteiger partial charge is 0.361 e. The van der Waals surface area contributed by atoms with Crippen molar-refractivity contribution in [3.63, 3.8) is 0 Å². The van der Waals surface area contributed by atoms with Gasteiger partial charge in [-0.2, -0.15) is 0 Å². The van der Waals surface area contributed by atoms with Gasteiger partial charge in [0, 0.05) is 32.1 Å². The largest absolute Gasteiger partial charge is 0.507 e. The number of fused-ring (bicyclic) bond motifs is 10. The van der Waals surface area contributed by atoms with Crippen LogP contribution in [0.15, 0.2) is 60.7 Å². The molecule has 0 saturated heterocycles. The summed E-state index contributed by atoms with van der Waals surface area (Å²) in [6.07, 6.45) is -1.80. The lowest BCUT2D eigenvalue weighted by molar-refractivity contribution is 0.229. The van der Waals surface area contributed by atoms with Gasteiger partial charge in [-0.1, -0.05) is 0 Å². The maximum atomic E-state index is 14.8. The third-order valence-electron chi connectivity index (χ3n) is 12.7. The highest BCUT2D eigenvalue weighted by molar-refractivity contribution is 7.63. The van der Waals surface area contributed by atoms with Gasteiger partial charge < -0.3 is 70.8 Å². The molecular weight excluding hydrogens is 1140 g/mol. The molecule has 0 aliphatic heterocycles. The monoisotopic (exact) mass is 1210 g/mol. The van der Waals surface area contributed by atoms with Gasteiger partial charge in [-0.15, -0.1) is 0 Å². The van der Waals surface area contributed by atoms with Crippen LogP contribution in [0.2, 0.25) is 0 Å². The summed E-state index contributed by atoms with van der Waals surface area (Å²) in [5, 5.41) is 62.6. The quantitative estimate of drug-likeness (QED) is 0.0333. The summed E-state index contributed by atoms with van der Waals surface area (Å²) in [6, 6.07) is 13.9. The molecule has 0 saturated carbocycles. The average molecular weight is 1210 g/mol. The molecule has 80 heavy (non-hydrogen) atoms. The first-order chi connectivity index (χ1) is 38.0. The molecule has 6 rings (SSSR count). The Kier molecular flexibility index (Phi) is 22.7. The molecule has 0 atom stereocenters. The fourth-order valence-electron chi connectivity index (χ4n) is 9.50. The standard InChI is InChI=1S/C55H75O20P5/c1-11-66-76(61,67-12-2)46-26-36-21-38-28-47(77(62,68-13-3)69-14-4)30-40(52(38)57)23-42-32-49(79(64,72-17-7)73-18-8)34-44(54(42)59)25-45-35-50(80(65,74-19-9)75-20-10)33-43(55(45)60)24-41-31-48(78(63,70-15-5)71-16-6)29-39(53(41)58)22-37(27-46)51(36)56/h26-35,56-60H,11-25H2,1-10H3. The minimum atomic E-state index is -4.21. The van der Waals surface area contributed by atoms with Crippen LogP contribution in [0.1, 0.15) is 125 Å². The van der Waals surface area contributed by atoms with Crippen molar-refractivity contribution in [2.45, 2.75) is 101 Å². The van der Waals surface area contributed by atoms with Crippen LogP contribution < -0.4 is 26.5 Å². The lowest BCUT2D eigenvalue weighted by Crippen LogP contribution is -2.17. The van der Waals surface area contributed by atoms with E-state index in [1.807, 2.05) is 0 Å². The number of rotatable bonds is 25. The highest BCUT2D eigenvalue weighted by atomic mass is 31.2. The van der Waals surface area contributed by atoms with E-state index in [2.05, 4.69) is 0 Å². The lowest BCUT2D eigenvalue weighted by atomic mass is 9.91. The van der Waals surface area contributed by atoms with Crippen LogP contribution in [0.5, 0.6) is 28.7 Å². The van der Waals surface area contributed by atoms with Crippen molar-refractivity contribution < 1.29 is 93.6 Å². The van der Waals surface area contributed by atoms with E-state index in [0.29, 0.717) is 0 Å². The molecule has 0 radical (unpaired) electrons. The zero-order chi connectivity index (χ0) is 58.8. The van der Waals surface area contributed by atoms with E-state index in [1.54, 1.807) is 69.2 Å². The van der Waals surface area contributed by atoms with Gasteiger partial charge >= 0.3 is 38.0 Å². The molecule has 0 unspecified atom stereocenters. The third-order valence-corrected chi connectivity index (χ3v) is 23.2. The van der Waals surface area contributed by atoms with Crippen LogP contribution >= 0.6 is 38.0 Å². The maximum Gasteiger partial charge on any atom is 0.361 e. The van der Waals surface area contributed by atoms with Crippen molar-refractivity contribution >= 4 is 64.5 Å². The second kappa shape index (κ2) is 28.0. The predicted molar refractivity (Wildman–Crippen MR) is 307 cm³/mol. The fraction of sp³-hybridized carbons (Fsp3) is 0.455. The van der Waals surface area contributed by atoms with Gasteiger partial charge in [0.15, 0.2) is 0 Å². The summed E-state index contributed by atoms with van der Waals surface area (Å²) < 4.78 is 132. The summed E-state index contributed by atoms with van der Waals surface area (Å²) >= 11 is 0. The van der Waals surface area contributed by atoms with Gasteiger partial charge in [-0.25, -0.2) is 0 Å². The zero-order valence-electron chi connectivity index (χ0n) is 47.0. The third kappa shape index (κ3) is 14.2. The molecule has 5 aromatic rings. The first kappa shape index (κ1) is 65.0. The fourth-order valence-corrected chi connectivity index (χ4v) is 17.9. The summed E-state index contributed by atoms with van der Waals surface area (Å²) in [4.78, 5) is 0. The Balaban J connectivity index is 1.86. The summed E-state index contributed by atoms with van der Waals surface area (Å²) in [5.74, 6) is -2.05. The Bertz CT molecular complexity index is 2610. The van der Waals surface area contributed by atoms with E-state index in [-0.39, 0.29) is 180 Å². The minimum Gasteiger partial charge on any atom is -0.507 e. The molecule has 0 fully saturated rings. The molecule has 440 valence electrons. The summed E-state index contributed by atoms with van der Waals surface area (Å²) in [5.41, 5.74) is 0.431. The lowest BCUT2D eigenvalue weighted by Gasteiger charge is -2.24. The summed E-state index contributed by atoms with van der Waals surface area (Å²) in [7, 11) is -21.1. The molecule has 1 aliphatic carbocycles. The molecule has 5 N–H and O–H groups in total. The SMILES string of the molecule is CCOP(=O)(OCC)c1cc2c(O)c(c1)Cc1cc(P(=O)(OCC)OCC)cc(c1O)Cc1cc(P(=O)(OCC)OCC)cc(c1O)Cc1cc(P(=O)(OCC)OCC)cc(c1O)Cc1cc(P(=O)(OCC)OCC)cc(c1O)C2. The first-order valence-electron chi connectivity index (χ1n) is 26.7. The van der Waals surface area contributed by atoms with Gasteiger partial charge in [-0.05, 0) is 186 Å². The molecule has 20 nitrogen and oxygen atoms in total. The van der Waals surface area contributed by atoms with Crippen LogP contribution in [-0.2, 0) is 100 Å². The van der Waals surface area contributed by atoms with E-state index in [1.165, 1.54) is 60.7 Å². The van der Waals surface area contributed by atoms with Gasteiger partial charge in [0.2, 0.25) is 0 Å². The van der Waals surface area contributed by atoms with Gasteiger partial charge in [0.1, 0.15) is 28.7 Å². The molecule has 1 aliphatic rings. The molecule has 0 spiro atoms. The molecule has 25 heteroatoms. The van der Waals surface area contributed by atoms with Crippen molar-refractivity contribution in [2.75, 3.05) is 66.1 Å². The molecule has 5 aromatic carbocycles. The number of hydrogen-bond acceptors (Lipinski definition) is 20. The topological polar surface area (TPSA) is 279 Å². The van der Waals surface area contributed by atoms with Crippen molar-refractivity contribution in [2.24, 2.45) is 0 Å². The van der Waals surface area contributed by atoms with Crippen LogP contribution in [0.25, 0.3) is 0 Å². The van der Waals surface area contributed by atoms with E-state index in [0.717, 1.165) is 0 Å². The van der Waals surface area contributed by atoms with E-state index < -0.39 is 66.7 Å². The van der Waals surface area contributed by atoms with Gasteiger partial charge in [0.25, 0.3) is 0 Å². The number of benzene rings is 5. The second-order valence-electron chi connectivity index (χ2n) is 18.1. The number of aromatic hydroxyl groups is 5. The Morgan fingerprint density at radius 1 is 0.250 bits per heavy atom. The van der Waals surface area contributed by atoms with Crippen molar-refractivity contribution in [1.82, 2.24) is 0 Å². The zero-order valence-corrected chi connectivity index (χ0v) is 51.4. The van der Waals surface area contributed by atoms with Crippen molar-refractivity contribution in [1.29, 1.82) is 0 Å². The van der Waals surface area contributed by atoms with E-state index in [9.17, 15) is 48.4 Å². The van der Waals surface area contributed by atoms with E-state index in [4.69, 9.17) is 45.2 Å². The Morgan fingerprint density at radius 2 is 0.350 bits per heavy atom. The average Bonchev–Trinajstić information content (AvgIpc) is 3.47. The minimum absolute atomic E-state index is 0.0222. The van der Waals surface area contributed by atoms with Crippen LogP contribution in [0.4, 0.5) is 0 Å². The Morgan fingerprint density at radius 3 is 0.438 bits per heavy atom. The number of phenols is 5. The van der Waals surface area contributed by atoms with Crippen molar-refractivity contribution in [3.8, 4) is 28.7 Å². The normalized spacial score (nSPS) is 13.6. The van der Waals surface area contributed by atoms with Crippen molar-refractivity contribution in [3.05, 3.63) is 116 Å². The second-order valence-corrected chi connectivity index (χ2v) is 28.3.